The molecule has 0 atom stereocenters. The van der Waals surface area contributed by atoms with E-state index in [0.29, 0.717) is 6.54 Å². The Bertz CT molecular complexity index is 1350. The van der Waals surface area contributed by atoms with Crippen molar-refractivity contribution in [2.45, 2.75) is 51.4 Å². The summed E-state index contributed by atoms with van der Waals surface area (Å²) >= 11 is 0. The van der Waals surface area contributed by atoms with Crippen LogP contribution in [-0.2, 0) is 15.6 Å². The monoisotopic (exact) mass is 492 g/mol. The molecule has 0 radical (unpaired) electrons. The van der Waals surface area contributed by atoms with Gasteiger partial charge in [-0.2, -0.15) is 4.58 Å². The van der Waals surface area contributed by atoms with E-state index in [4.69, 9.17) is 6.42 Å². The van der Waals surface area contributed by atoms with E-state index in [-0.39, 0.29) is 16.7 Å². The summed E-state index contributed by atoms with van der Waals surface area (Å²) in [6.45, 7) is 10.2. The number of benzene rings is 2. The van der Waals surface area contributed by atoms with E-state index in [2.05, 4.69) is 121 Å². The summed E-state index contributed by atoms with van der Waals surface area (Å²) in [7, 11) is 1.68. The molecule has 0 spiro atoms. The number of carbonyl (C=O) groups is 1. The molecule has 2 aromatic carbocycles. The first-order valence-electron chi connectivity index (χ1n) is 13.0. The number of rotatable bonds is 8. The molecule has 0 saturated carbocycles. The van der Waals surface area contributed by atoms with Crippen LogP contribution in [0.1, 0.15) is 51.7 Å². The minimum atomic E-state index is -0.198. The van der Waals surface area contributed by atoms with Crippen molar-refractivity contribution in [1.29, 1.82) is 0 Å². The van der Waals surface area contributed by atoms with Gasteiger partial charge in [-0.1, -0.05) is 68.5 Å². The van der Waals surface area contributed by atoms with Crippen LogP contribution in [-0.4, -0.2) is 36.3 Å². The number of unbranched alkanes of at least 4 members (excludes halogenated alkanes) is 1. The molecule has 0 saturated heterocycles. The highest BCUT2D eigenvalue weighted by Gasteiger charge is 2.44. The predicted octanol–water partition coefficient (Wildman–Crippen LogP) is 6.02. The van der Waals surface area contributed by atoms with Crippen LogP contribution in [0.2, 0.25) is 0 Å². The van der Waals surface area contributed by atoms with E-state index < -0.39 is 0 Å². The second-order valence-corrected chi connectivity index (χ2v) is 10.7. The number of anilines is 1. The van der Waals surface area contributed by atoms with Crippen molar-refractivity contribution in [2.24, 2.45) is 0 Å². The second-order valence-electron chi connectivity index (χ2n) is 10.7. The van der Waals surface area contributed by atoms with Crippen LogP contribution in [0.25, 0.3) is 0 Å². The van der Waals surface area contributed by atoms with E-state index in [1.54, 1.807) is 7.05 Å². The lowest BCUT2D eigenvalue weighted by atomic mass is 9.81. The van der Waals surface area contributed by atoms with Crippen molar-refractivity contribution in [3.05, 3.63) is 95.7 Å². The van der Waals surface area contributed by atoms with Crippen LogP contribution < -0.4 is 10.2 Å². The molecule has 1 amide bonds. The minimum absolute atomic E-state index is 0.00774. The van der Waals surface area contributed by atoms with Crippen LogP contribution in [0.15, 0.2) is 84.6 Å². The molecule has 2 aliphatic heterocycles. The van der Waals surface area contributed by atoms with Crippen molar-refractivity contribution >= 4 is 23.0 Å². The average Bonchev–Trinajstić information content (AvgIpc) is 3.23. The minimum Gasteiger partial charge on any atom is -0.354 e. The largest absolute Gasteiger partial charge is 0.354 e. The highest BCUT2D eigenvalue weighted by Crippen LogP contribution is 2.47. The van der Waals surface area contributed by atoms with Gasteiger partial charge < -0.3 is 10.2 Å². The fourth-order valence-electron chi connectivity index (χ4n) is 5.61. The summed E-state index contributed by atoms with van der Waals surface area (Å²) in [4.78, 5) is 14.7. The zero-order valence-corrected chi connectivity index (χ0v) is 22.7. The molecule has 4 nitrogen and oxygen atoms in total. The van der Waals surface area contributed by atoms with Gasteiger partial charge in [-0.3, -0.25) is 4.79 Å². The van der Waals surface area contributed by atoms with Gasteiger partial charge in [-0.25, -0.2) is 0 Å². The molecular formula is C33H38N3O+. The lowest BCUT2D eigenvalue weighted by molar-refractivity contribution is -0.425. The first-order chi connectivity index (χ1) is 17.7. The standard InChI is InChI=1S/C33H37N3O/c1-7-8-16-23-35-27-19-14-12-17-25(27)32(2,3)29(35)21-10-9-11-22-30-33(4,5)26-18-13-15-20-28(26)36(30)24-31(37)34-6/h1,9-15,17-22H,8,16,23-24H2,2-6H3/p+1. The maximum Gasteiger partial charge on any atom is 0.285 e. The van der Waals surface area contributed by atoms with E-state index >= 15 is 0 Å². The van der Waals surface area contributed by atoms with Gasteiger partial charge >= 0.3 is 0 Å². The van der Waals surface area contributed by atoms with E-state index in [9.17, 15) is 4.79 Å². The normalized spacial score (nSPS) is 18.5. The summed E-state index contributed by atoms with van der Waals surface area (Å²) in [5.74, 6) is 2.76. The molecule has 0 unspecified atom stereocenters. The molecule has 4 heteroatoms. The fraction of sp³-hybridized carbons (Fsp3) is 0.333. The number of nitrogens with one attached hydrogen (secondary N) is 1. The number of amides is 1. The highest BCUT2D eigenvalue weighted by atomic mass is 16.1. The van der Waals surface area contributed by atoms with Crippen LogP contribution in [0.4, 0.5) is 11.4 Å². The van der Waals surface area contributed by atoms with Gasteiger partial charge in [0.2, 0.25) is 12.2 Å². The van der Waals surface area contributed by atoms with Gasteiger partial charge in [0.15, 0.2) is 5.71 Å². The van der Waals surface area contributed by atoms with E-state index in [1.807, 2.05) is 6.07 Å². The summed E-state index contributed by atoms with van der Waals surface area (Å²) in [6.07, 6.45) is 17.9. The SMILES string of the molecule is C#CCCCN1/C(=C/C=C\C=C\C2=[N+](CC(=O)NC)c3ccccc3C2(C)C)C(C)(C)c2ccccc21. The molecular weight excluding hydrogens is 454 g/mol. The van der Waals surface area contributed by atoms with Crippen LogP contribution >= 0.6 is 0 Å². The number of terminal acetylenes is 1. The number of hydrogen-bond donors (Lipinski definition) is 1. The first kappa shape index (κ1) is 26.2. The van der Waals surface area contributed by atoms with Gasteiger partial charge in [0.25, 0.3) is 5.91 Å². The molecule has 2 aromatic rings. The Morgan fingerprint density at radius 1 is 1.00 bits per heavy atom. The second kappa shape index (κ2) is 10.6. The summed E-state index contributed by atoms with van der Waals surface area (Å²) in [6, 6.07) is 17.0. The molecule has 1 N–H and O–H groups in total. The Labute approximate surface area is 222 Å². The first-order valence-corrected chi connectivity index (χ1v) is 13.0. The van der Waals surface area contributed by atoms with Gasteiger partial charge in [0.05, 0.1) is 5.41 Å². The Morgan fingerprint density at radius 3 is 2.43 bits per heavy atom. The van der Waals surface area contributed by atoms with Gasteiger partial charge in [0, 0.05) is 54.5 Å². The number of fused-ring (bicyclic) bond motifs is 2. The molecule has 0 aliphatic carbocycles. The average molecular weight is 493 g/mol. The molecule has 2 heterocycles. The number of hydrogen-bond acceptors (Lipinski definition) is 2. The quantitative estimate of drug-likeness (QED) is 0.212. The zero-order chi connectivity index (χ0) is 26.6. The number of likely N-dealkylation sites (N-methyl/N-ethyl adjacent to an activating group) is 1. The van der Waals surface area contributed by atoms with Crippen LogP contribution in [0.3, 0.4) is 0 Å². The van der Waals surface area contributed by atoms with E-state index in [0.717, 1.165) is 30.8 Å². The maximum atomic E-state index is 12.3. The van der Waals surface area contributed by atoms with Crippen LogP contribution in [0, 0.1) is 12.3 Å². The van der Waals surface area contributed by atoms with Crippen molar-refractivity contribution in [3.63, 3.8) is 0 Å². The Kier molecular flexibility index (Phi) is 7.55. The van der Waals surface area contributed by atoms with Gasteiger partial charge in [-0.15, -0.1) is 12.3 Å². The summed E-state index contributed by atoms with van der Waals surface area (Å²) < 4.78 is 2.13. The lowest BCUT2D eigenvalue weighted by Crippen LogP contribution is -2.32. The summed E-state index contributed by atoms with van der Waals surface area (Å²) in [5, 5.41) is 2.76. The molecule has 0 bridgehead atoms. The van der Waals surface area contributed by atoms with E-state index in [1.165, 1.54) is 22.5 Å². The number of carbonyl (C=O) groups excluding carboxylic acids is 1. The molecule has 0 fully saturated rings. The molecule has 190 valence electrons. The third kappa shape index (κ3) is 4.91. The van der Waals surface area contributed by atoms with Crippen LogP contribution in [0.5, 0.6) is 0 Å². The van der Waals surface area contributed by atoms with Crippen molar-refractivity contribution in [1.82, 2.24) is 5.32 Å². The molecule has 0 aromatic heterocycles. The Hall–Kier alpha value is -3.84. The number of nitrogens with zero attached hydrogens (tertiary/aromatic N) is 2. The molecule has 4 rings (SSSR count). The molecule has 2 aliphatic rings. The lowest BCUT2D eigenvalue weighted by Gasteiger charge is -2.26. The highest BCUT2D eigenvalue weighted by molar-refractivity contribution is 6.03. The van der Waals surface area contributed by atoms with Crippen molar-refractivity contribution < 1.29 is 9.37 Å². The third-order valence-electron chi connectivity index (χ3n) is 7.61. The predicted molar refractivity (Wildman–Crippen MR) is 155 cm³/mol. The Morgan fingerprint density at radius 2 is 1.70 bits per heavy atom. The summed E-state index contributed by atoms with van der Waals surface area (Å²) in [5.41, 5.74) is 7.04. The third-order valence-corrected chi connectivity index (χ3v) is 7.61. The number of para-hydroxylation sites is 2. The molecule has 37 heavy (non-hydrogen) atoms. The van der Waals surface area contributed by atoms with Crippen molar-refractivity contribution in [2.75, 3.05) is 25.0 Å². The fourth-order valence-corrected chi connectivity index (χ4v) is 5.61. The maximum absolute atomic E-state index is 12.3. The zero-order valence-electron chi connectivity index (χ0n) is 22.7. The van der Waals surface area contributed by atoms with Gasteiger partial charge in [-0.05, 0) is 38.0 Å². The Balaban J connectivity index is 1.63. The topological polar surface area (TPSA) is 35.4 Å². The number of allylic oxidation sites excluding steroid dienone is 6. The van der Waals surface area contributed by atoms with Gasteiger partial charge in [0.1, 0.15) is 0 Å². The van der Waals surface area contributed by atoms with Crippen molar-refractivity contribution in [3.8, 4) is 12.3 Å². The smallest absolute Gasteiger partial charge is 0.285 e.